The summed E-state index contributed by atoms with van der Waals surface area (Å²) >= 11 is 7.69. The molecule has 1 unspecified atom stereocenters. The van der Waals surface area contributed by atoms with E-state index in [4.69, 9.17) is 16.0 Å². The zero-order valence-corrected chi connectivity index (χ0v) is 12.2. The molecule has 0 fully saturated rings. The zero-order valence-electron chi connectivity index (χ0n) is 10.7. The van der Waals surface area contributed by atoms with Crippen LogP contribution in [-0.2, 0) is 6.54 Å². The summed E-state index contributed by atoms with van der Waals surface area (Å²) in [5.41, 5.74) is 2.65. The van der Waals surface area contributed by atoms with Crippen molar-refractivity contribution in [3.63, 3.8) is 0 Å². The maximum absolute atomic E-state index is 10.0. The Hall–Kier alpha value is -1.33. The first-order valence-electron chi connectivity index (χ1n) is 6.32. The van der Waals surface area contributed by atoms with Gasteiger partial charge < -0.3 is 14.8 Å². The van der Waals surface area contributed by atoms with Crippen molar-refractivity contribution in [3.8, 4) is 0 Å². The average Bonchev–Trinajstić information content (AvgIpc) is 3.07. The summed E-state index contributed by atoms with van der Waals surface area (Å²) in [5.74, 6) is 0. The van der Waals surface area contributed by atoms with Crippen molar-refractivity contribution in [2.45, 2.75) is 12.6 Å². The van der Waals surface area contributed by atoms with E-state index < -0.39 is 6.10 Å². The highest BCUT2D eigenvalue weighted by Crippen LogP contribution is 2.29. The number of para-hydroxylation sites is 1. The molecule has 0 saturated carbocycles. The second-order valence-corrected chi connectivity index (χ2v) is 5.68. The highest BCUT2D eigenvalue weighted by atomic mass is 35.5. The third-order valence-electron chi connectivity index (χ3n) is 3.22. The highest BCUT2D eigenvalue weighted by molar-refractivity contribution is 7.07. The Morgan fingerprint density at radius 3 is 2.95 bits per heavy atom. The van der Waals surface area contributed by atoms with Crippen LogP contribution in [-0.4, -0.2) is 11.7 Å². The average molecular weight is 308 g/mol. The number of thiophene rings is 1. The molecular weight excluding hydrogens is 294 g/mol. The second kappa shape index (κ2) is 5.97. The lowest BCUT2D eigenvalue weighted by molar-refractivity contribution is 0.175. The molecular formula is C15H14ClNO2S. The summed E-state index contributed by atoms with van der Waals surface area (Å²) in [5, 5.41) is 18.6. The van der Waals surface area contributed by atoms with E-state index in [1.165, 1.54) is 0 Å². The van der Waals surface area contributed by atoms with Crippen LogP contribution >= 0.6 is 22.9 Å². The molecule has 1 aromatic carbocycles. The van der Waals surface area contributed by atoms with E-state index >= 15 is 0 Å². The number of furan rings is 1. The molecule has 0 aliphatic heterocycles. The summed E-state index contributed by atoms with van der Waals surface area (Å²) in [6.45, 7) is 1.05. The molecule has 0 amide bonds. The Balaban J connectivity index is 1.67. The van der Waals surface area contributed by atoms with Crippen molar-refractivity contribution in [2.75, 3.05) is 6.54 Å². The molecule has 0 aliphatic rings. The van der Waals surface area contributed by atoms with Crippen LogP contribution in [0.15, 0.2) is 45.5 Å². The van der Waals surface area contributed by atoms with Crippen LogP contribution in [0.2, 0.25) is 5.22 Å². The summed E-state index contributed by atoms with van der Waals surface area (Å²) < 4.78 is 5.49. The molecule has 3 rings (SSSR count). The lowest BCUT2D eigenvalue weighted by Gasteiger charge is -2.10. The molecule has 0 bridgehead atoms. The largest absolute Gasteiger partial charge is 0.444 e. The van der Waals surface area contributed by atoms with Gasteiger partial charge in [0.05, 0.1) is 6.10 Å². The molecule has 2 heterocycles. The second-order valence-electron chi connectivity index (χ2n) is 4.55. The number of hydrogen-bond donors (Lipinski definition) is 2. The molecule has 20 heavy (non-hydrogen) atoms. The van der Waals surface area contributed by atoms with Gasteiger partial charge in [-0.05, 0) is 40.1 Å². The molecule has 2 aromatic heterocycles. The quantitative estimate of drug-likeness (QED) is 0.749. The van der Waals surface area contributed by atoms with E-state index in [0.29, 0.717) is 18.3 Å². The van der Waals surface area contributed by atoms with Crippen LogP contribution in [0.5, 0.6) is 0 Å². The van der Waals surface area contributed by atoms with Crippen molar-refractivity contribution >= 4 is 33.9 Å². The van der Waals surface area contributed by atoms with Gasteiger partial charge in [0.15, 0.2) is 5.22 Å². The number of aliphatic hydroxyl groups excluding tert-OH is 1. The van der Waals surface area contributed by atoms with Gasteiger partial charge in [0.25, 0.3) is 0 Å². The maximum atomic E-state index is 10.0. The Labute approximate surface area is 125 Å². The first-order valence-corrected chi connectivity index (χ1v) is 7.64. The molecule has 0 spiro atoms. The minimum atomic E-state index is -0.502. The predicted octanol–water partition coefficient (Wildman–Crippen LogP) is 3.97. The molecule has 2 N–H and O–H groups in total. The highest BCUT2D eigenvalue weighted by Gasteiger charge is 2.13. The van der Waals surface area contributed by atoms with E-state index in [0.717, 1.165) is 22.1 Å². The molecule has 5 heteroatoms. The molecule has 0 saturated heterocycles. The number of benzene rings is 1. The first kappa shape index (κ1) is 13.6. The fourth-order valence-corrected chi connectivity index (χ4v) is 3.11. The van der Waals surface area contributed by atoms with E-state index in [1.54, 1.807) is 11.3 Å². The van der Waals surface area contributed by atoms with Crippen LogP contribution in [0.3, 0.4) is 0 Å². The predicted molar refractivity (Wildman–Crippen MR) is 82.2 cm³/mol. The molecule has 0 aliphatic carbocycles. The van der Waals surface area contributed by atoms with E-state index in [1.807, 2.05) is 41.1 Å². The molecule has 3 aromatic rings. The minimum absolute atomic E-state index is 0.406. The van der Waals surface area contributed by atoms with Gasteiger partial charge in [-0.25, -0.2) is 0 Å². The molecule has 104 valence electrons. The Morgan fingerprint density at radius 2 is 2.15 bits per heavy atom. The van der Waals surface area contributed by atoms with Crippen molar-refractivity contribution < 1.29 is 9.52 Å². The monoisotopic (exact) mass is 307 g/mol. The Bertz CT molecular complexity index is 693. The lowest BCUT2D eigenvalue weighted by Crippen LogP contribution is -2.20. The summed E-state index contributed by atoms with van der Waals surface area (Å²) in [4.78, 5) is 0. The van der Waals surface area contributed by atoms with Crippen molar-refractivity contribution in [2.24, 2.45) is 0 Å². The van der Waals surface area contributed by atoms with Gasteiger partial charge in [-0.1, -0.05) is 18.2 Å². The van der Waals surface area contributed by atoms with Crippen LogP contribution in [0.4, 0.5) is 0 Å². The van der Waals surface area contributed by atoms with Crippen molar-refractivity contribution in [1.29, 1.82) is 0 Å². The maximum Gasteiger partial charge on any atom is 0.199 e. The number of aliphatic hydroxyl groups is 1. The van der Waals surface area contributed by atoms with Crippen LogP contribution in [0, 0.1) is 0 Å². The molecule has 1 atom stereocenters. The van der Waals surface area contributed by atoms with Gasteiger partial charge in [-0.3, -0.25) is 0 Å². The van der Waals surface area contributed by atoms with E-state index in [-0.39, 0.29) is 0 Å². The van der Waals surface area contributed by atoms with Gasteiger partial charge in [-0.2, -0.15) is 11.3 Å². The fraction of sp³-hybridized carbons (Fsp3) is 0.200. The number of rotatable bonds is 5. The normalized spacial score (nSPS) is 12.9. The summed E-state index contributed by atoms with van der Waals surface area (Å²) in [7, 11) is 0. The summed E-state index contributed by atoms with van der Waals surface area (Å²) in [6.07, 6.45) is -0.502. The smallest absolute Gasteiger partial charge is 0.199 e. The first-order chi connectivity index (χ1) is 9.75. The van der Waals surface area contributed by atoms with E-state index in [9.17, 15) is 5.11 Å². The number of halogens is 1. The third kappa shape index (κ3) is 2.74. The Kier molecular flexibility index (Phi) is 4.08. The lowest BCUT2D eigenvalue weighted by atomic mass is 10.1. The minimum Gasteiger partial charge on any atom is -0.444 e. The SMILES string of the molecule is OC(CNCc1c(Cl)oc2ccccc12)c1ccsc1. The van der Waals surface area contributed by atoms with Gasteiger partial charge in [0.2, 0.25) is 0 Å². The van der Waals surface area contributed by atoms with Gasteiger partial charge in [0.1, 0.15) is 5.58 Å². The standard InChI is InChI=1S/C15H14ClNO2S/c16-15-12(11-3-1-2-4-14(11)19-15)7-17-8-13(18)10-5-6-20-9-10/h1-6,9,13,17-18H,7-8H2. The topological polar surface area (TPSA) is 45.4 Å². The van der Waals surface area contributed by atoms with Gasteiger partial charge in [0, 0.05) is 24.0 Å². The molecule has 0 radical (unpaired) electrons. The van der Waals surface area contributed by atoms with Crippen LogP contribution < -0.4 is 5.32 Å². The number of fused-ring (bicyclic) bond motifs is 1. The molecule has 3 nitrogen and oxygen atoms in total. The van der Waals surface area contributed by atoms with Crippen LogP contribution in [0.25, 0.3) is 11.0 Å². The zero-order chi connectivity index (χ0) is 13.9. The van der Waals surface area contributed by atoms with Crippen molar-refractivity contribution in [1.82, 2.24) is 5.32 Å². The number of nitrogens with one attached hydrogen (secondary N) is 1. The van der Waals surface area contributed by atoms with Crippen LogP contribution in [0.1, 0.15) is 17.2 Å². The third-order valence-corrected chi connectivity index (χ3v) is 4.22. The van der Waals surface area contributed by atoms with Gasteiger partial charge in [-0.15, -0.1) is 0 Å². The number of hydrogen-bond acceptors (Lipinski definition) is 4. The fourth-order valence-electron chi connectivity index (χ4n) is 2.15. The van der Waals surface area contributed by atoms with Crippen molar-refractivity contribution in [3.05, 3.63) is 57.4 Å². The van der Waals surface area contributed by atoms with Gasteiger partial charge >= 0.3 is 0 Å². The summed E-state index contributed by atoms with van der Waals surface area (Å²) in [6, 6.07) is 9.68. The van der Waals surface area contributed by atoms with E-state index in [2.05, 4.69) is 5.32 Å². The Morgan fingerprint density at radius 1 is 1.30 bits per heavy atom.